The number of hydrogen-bond donors (Lipinski definition) is 1. The highest BCUT2D eigenvalue weighted by atomic mass is 32.2. The van der Waals surface area contributed by atoms with Crippen LogP contribution in [-0.2, 0) is 71.0 Å². The van der Waals surface area contributed by atoms with E-state index in [-0.39, 0.29) is 65.9 Å². The predicted molar refractivity (Wildman–Crippen MR) is 250 cm³/mol. The van der Waals surface area contributed by atoms with E-state index in [2.05, 4.69) is 0 Å². The zero-order chi connectivity index (χ0) is 52.0. The minimum absolute atomic E-state index is 0.0463. The van der Waals surface area contributed by atoms with E-state index < -0.39 is 92.7 Å². The minimum atomic E-state index is -5.40. The zero-order valence-corrected chi connectivity index (χ0v) is 42.2. The largest absolute Gasteiger partial charge is 0.748 e. The van der Waals surface area contributed by atoms with E-state index in [1.165, 1.54) is 25.3 Å². The van der Waals surface area contributed by atoms with Crippen molar-refractivity contribution < 1.29 is 84.1 Å². The number of aliphatic carboxylic acids is 1. The first-order valence-electron chi connectivity index (χ1n) is 21.6. The van der Waals surface area contributed by atoms with Crippen molar-refractivity contribution >= 4 is 95.2 Å². The van der Waals surface area contributed by atoms with Gasteiger partial charge in [-0.1, -0.05) is 24.3 Å². The molecular weight excluding hydrogens is 1020 g/mol. The number of anilines is 1. The summed E-state index contributed by atoms with van der Waals surface area (Å²) in [6.45, 7) is 5.95. The Morgan fingerprint density at radius 2 is 1.26 bits per heavy atom. The van der Waals surface area contributed by atoms with Gasteiger partial charge in [0.25, 0.3) is 0 Å². The molecule has 70 heavy (non-hydrogen) atoms. The summed E-state index contributed by atoms with van der Waals surface area (Å²) in [5.41, 5.74) is 0.150. The fraction of sp³-hybridized carbons (Fsp3) is 0.378. The van der Waals surface area contributed by atoms with Crippen molar-refractivity contribution in [3.05, 3.63) is 95.7 Å². The number of benzene rings is 4. The molecule has 0 aromatic heterocycles. The van der Waals surface area contributed by atoms with Crippen LogP contribution >= 0.6 is 0 Å². The lowest BCUT2D eigenvalue weighted by Crippen LogP contribution is -2.32. The maximum absolute atomic E-state index is 12.6. The van der Waals surface area contributed by atoms with Crippen molar-refractivity contribution in [3.8, 4) is 0 Å². The molecule has 380 valence electrons. The molecule has 4 aromatic rings. The molecule has 0 bridgehead atoms. The highest BCUT2D eigenvalue weighted by Crippen LogP contribution is 2.54. The van der Waals surface area contributed by atoms with E-state index in [4.69, 9.17) is 4.74 Å². The Balaban J connectivity index is 1.55. The highest BCUT2D eigenvalue weighted by Gasteiger charge is 2.49. The molecule has 2 aliphatic rings. The first-order chi connectivity index (χ1) is 32.4. The Morgan fingerprint density at radius 3 is 1.77 bits per heavy atom. The van der Waals surface area contributed by atoms with E-state index in [1.807, 2.05) is 18.7 Å². The van der Waals surface area contributed by atoms with Crippen LogP contribution < -0.4 is 4.90 Å². The molecule has 6 rings (SSSR count). The molecule has 0 amide bonds. The number of carboxylic acid groups (broad SMARTS) is 1. The predicted octanol–water partition coefficient (Wildman–Crippen LogP) is 4.77. The van der Waals surface area contributed by atoms with Crippen molar-refractivity contribution in [2.24, 2.45) is 0 Å². The number of likely N-dealkylation sites (N-methyl/N-ethyl adjacent to an activating group) is 1. The average molecular weight is 1070 g/mol. The molecule has 0 saturated heterocycles. The van der Waals surface area contributed by atoms with E-state index in [9.17, 15) is 74.8 Å². The molecule has 0 saturated carbocycles. The molecule has 25 heteroatoms. The molecule has 2 unspecified atom stereocenters. The Kier molecular flexibility index (Phi) is 15.5. The van der Waals surface area contributed by atoms with Crippen molar-refractivity contribution in [3.63, 3.8) is 0 Å². The molecule has 0 radical (unpaired) electrons. The van der Waals surface area contributed by atoms with Crippen LogP contribution in [0.25, 0.3) is 21.5 Å². The number of ether oxygens (including phenoxy) is 1. The van der Waals surface area contributed by atoms with Crippen LogP contribution in [-0.4, -0.2) is 119 Å². The van der Waals surface area contributed by atoms with E-state index in [0.717, 1.165) is 12.1 Å². The van der Waals surface area contributed by atoms with Gasteiger partial charge in [0, 0.05) is 78.7 Å². The van der Waals surface area contributed by atoms with Crippen LogP contribution in [0.5, 0.6) is 0 Å². The summed E-state index contributed by atoms with van der Waals surface area (Å²) in [5, 5.41) is 8.85. The molecule has 2 atom stereocenters. The Labute approximate surface area is 406 Å². The maximum atomic E-state index is 12.6. The lowest BCUT2D eigenvalue weighted by Gasteiger charge is -2.30. The first kappa shape index (κ1) is 54.4. The van der Waals surface area contributed by atoms with Gasteiger partial charge >= 0.3 is 5.97 Å². The second-order valence-electron chi connectivity index (χ2n) is 17.3. The molecule has 1 N–H and O–H groups in total. The van der Waals surface area contributed by atoms with E-state index in [1.54, 1.807) is 47.9 Å². The number of fused-ring (bicyclic) bond motifs is 6. The topological polar surface area (TPSA) is 339 Å². The fourth-order valence-electron chi connectivity index (χ4n) is 9.78. The zero-order valence-electron chi connectivity index (χ0n) is 38.1. The summed E-state index contributed by atoms with van der Waals surface area (Å²) in [6, 6.07) is 8.75. The van der Waals surface area contributed by atoms with Crippen LogP contribution in [0.1, 0.15) is 76.8 Å². The van der Waals surface area contributed by atoms with Crippen LogP contribution in [0.3, 0.4) is 0 Å². The lowest BCUT2D eigenvalue weighted by molar-refractivity contribution is -0.438. The summed E-state index contributed by atoms with van der Waals surface area (Å²) < 4.78 is 192. The van der Waals surface area contributed by atoms with Gasteiger partial charge in [-0.25, -0.2) is 42.1 Å². The van der Waals surface area contributed by atoms with Crippen LogP contribution in [0.2, 0.25) is 0 Å². The Morgan fingerprint density at radius 1 is 0.686 bits per heavy atom. The van der Waals surface area contributed by atoms with Crippen LogP contribution in [0.15, 0.2) is 104 Å². The number of carbonyl (C=O) groups is 1. The van der Waals surface area contributed by atoms with Crippen molar-refractivity contribution in [2.75, 3.05) is 37.5 Å². The van der Waals surface area contributed by atoms with Gasteiger partial charge in [-0.05, 0) is 117 Å². The lowest BCUT2D eigenvalue weighted by atomic mass is 9.74. The molecule has 0 fully saturated rings. The normalized spacial score (nSPS) is 19.7. The third-order valence-corrected chi connectivity index (χ3v) is 17.0. The molecule has 0 aliphatic carbocycles. The van der Waals surface area contributed by atoms with Crippen LogP contribution in [0, 0.1) is 0 Å². The van der Waals surface area contributed by atoms with Crippen LogP contribution in [0.4, 0.5) is 11.4 Å². The SMILES string of the molecule is CCN1/C(=C/C=C/C=C/C2=[N+](CCCCCC(=O)O)c3ccc4c(S(=O)(=O)[O-])cc(S(=O)(=O)[O-])cc4c3C2(C)CCCS(=O)(=O)[O-])C(C)(CCOC)c2c1ccc1c(S(=O)(=O)[O-])cc(S(=O)(=O)[O-])cc21. The molecule has 0 spiro atoms. The minimum Gasteiger partial charge on any atom is -0.748 e. The quantitative estimate of drug-likeness (QED) is 0.0508. The van der Waals surface area contributed by atoms with Crippen molar-refractivity contribution in [1.82, 2.24) is 0 Å². The second-order valence-corrected chi connectivity index (χ2v) is 24.3. The molecule has 2 aliphatic heterocycles. The Hall–Kier alpha value is -4.93. The van der Waals surface area contributed by atoms with E-state index in [0.29, 0.717) is 66.3 Å². The summed E-state index contributed by atoms with van der Waals surface area (Å²) in [4.78, 5) is 9.37. The van der Waals surface area contributed by atoms with Crippen molar-refractivity contribution in [2.45, 2.75) is 96.1 Å². The van der Waals surface area contributed by atoms with Gasteiger partial charge in [0.05, 0.1) is 35.1 Å². The fourth-order valence-corrected chi connectivity index (χ4v) is 12.9. The third-order valence-electron chi connectivity index (χ3n) is 12.8. The van der Waals surface area contributed by atoms with Gasteiger partial charge < -0.3 is 37.5 Å². The highest BCUT2D eigenvalue weighted by molar-refractivity contribution is 7.87. The molecule has 2 heterocycles. The summed E-state index contributed by atoms with van der Waals surface area (Å²) in [7, 11) is -24.6. The van der Waals surface area contributed by atoms with Gasteiger partial charge in [0.1, 0.15) is 47.0 Å². The number of allylic oxidation sites excluding steroid dienone is 6. The maximum Gasteiger partial charge on any atom is 0.303 e. The number of nitrogens with zero attached hydrogens (tertiary/aromatic N) is 2. The van der Waals surface area contributed by atoms with E-state index >= 15 is 0 Å². The molecular formula is C45H48N2O18S5-4. The smallest absolute Gasteiger partial charge is 0.303 e. The standard InChI is InChI=1S/C45H52N2O18S5/c1-5-46-35-18-16-31-33(25-29(67(53,54)55)27-37(31)69(59,60)61)42(35)45(3,21-23-65-4)39(46)13-8-6-9-14-40-44(2,20-12-24-66(50,51)52)43-34-26-30(68(56,57)58)28-38(70(62,63)64)32(34)17-19-36(43)47(40)22-11-7-10-15-41(48)49/h6,8-9,13-14,16-19,25-28H,5,7,10-12,15,20-24H2,1-4H3,(H5-,48,49,50,51,52,53,54,55,56,57,58,59,60,61,62,63,64)/p-4. The second kappa shape index (κ2) is 19.9. The number of carboxylic acids is 1. The van der Waals surface area contributed by atoms with Gasteiger partial charge in [0.2, 0.25) is 5.69 Å². The first-order valence-corrected chi connectivity index (χ1v) is 28.8. The van der Waals surface area contributed by atoms with Gasteiger partial charge in [-0.15, -0.1) is 0 Å². The van der Waals surface area contributed by atoms with Gasteiger partial charge in [-0.2, -0.15) is 4.58 Å². The number of hydrogen-bond acceptors (Lipinski definition) is 18. The third kappa shape index (κ3) is 11.1. The monoisotopic (exact) mass is 1060 g/mol. The average Bonchev–Trinajstić information content (AvgIpc) is 3.63. The number of unbranched alkanes of at least 4 members (excludes halogenated alkanes) is 2. The number of methoxy groups -OCH3 is 1. The summed E-state index contributed by atoms with van der Waals surface area (Å²) >= 11 is 0. The molecule has 20 nitrogen and oxygen atoms in total. The van der Waals surface area contributed by atoms with Gasteiger partial charge in [0.15, 0.2) is 5.71 Å². The van der Waals surface area contributed by atoms with Crippen molar-refractivity contribution in [1.29, 1.82) is 0 Å². The summed E-state index contributed by atoms with van der Waals surface area (Å²) in [5.74, 6) is -1.83. The number of rotatable bonds is 21. The summed E-state index contributed by atoms with van der Waals surface area (Å²) in [6.07, 6.45) is 9.15. The molecule has 4 aromatic carbocycles. The van der Waals surface area contributed by atoms with Gasteiger partial charge in [-0.3, -0.25) is 4.79 Å². The Bertz CT molecular complexity index is 3510.